The van der Waals surface area contributed by atoms with Gasteiger partial charge in [-0.25, -0.2) is 9.89 Å². The van der Waals surface area contributed by atoms with Gasteiger partial charge in [0.15, 0.2) is 5.82 Å². The molecule has 2 heterocycles. The number of aryl methyl sites for hydroxylation is 2. The third-order valence-corrected chi connectivity index (χ3v) is 1.58. The van der Waals surface area contributed by atoms with Crippen molar-refractivity contribution in [3.05, 3.63) is 22.6 Å². The molecule has 0 aliphatic carbocycles. The van der Waals surface area contributed by atoms with E-state index in [1.807, 2.05) is 0 Å². The highest BCUT2D eigenvalue weighted by Crippen LogP contribution is 1.87. The van der Waals surface area contributed by atoms with Gasteiger partial charge < -0.3 is 0 Å². The van der Waals surface area contributed by atoms with E-state index in [2.05, 4.69) is 30.8 Å². The topological polar surface area (TPSA) is 105 Å². The van der Waals surface area contributed by atoms with E-state index in [-0.39, 0.29) is 5.69 Å². The third-order valence-electron chi connectivity index (χ3n) is 1.58. The maximum absolute atomic E-state index is 11.0. The first kappa shape index (κ1) is 7.65. The van der Waals surface area contributed by atoms with Crippen LogP contribution in [0, 0.1) is 0 Å². The third kappa shape index (κ3) is 1.60. The lowest BCUT2D eigenvalue weighted by Gasteiger charge is -1.93. The quantitative estimate of drug-likeness (QED) is 0.588. The number of rotatable bonds is 3. The molecule has 0 saturated heterocycles. The van der Waals surface area contributed by atoms with Gasteiger partial charge in [0.2, 0.25) is 0 Å². The molecule has 0 bridgehead atoms. The summed E-state index contributed by atoms with van der Waals surface area (Å²) in [6.07, 6.45) is 1.98. The Morgan fingerprint density at radius 3 is 3.08 bits per heavy atom. The number of nitrogens with one attached hydrogen (secondary N) is 2. The van der Waals surface area contributed by atoms with E-state index in [4.69, 9.17) is 0 Å². The molecule has 0 spiro atoms. The number of nitrogens with zero attached hydrogens (tertiary/aromatic N) is 5. The molecule has 8 heteroatoms. The highest BCUT2D eigenvalue weighted by molar-refractivity contribution is 4.76. The van der Waals surface area contributed by atoms with Crippen molar-refractivity contribution in [2.75, 3.05) is 0 Å². The van der Waals surface area contributed by atoms with Crippen molar-refractivity contribution in [3.63, 3.8) is 0 Å². The van der Waals surface area contributed by atoms with Gasteiger partial charge in [0.1, 0.15) is 6.33 Å². The Kier molecular flexibility index (Phi) is 1.87. The maximum Gasteiger partial charge on any atom is 0.343 e. The summed E-state index contributed by atoms with van der Waals surface area (Å²) in [5.74, 6) is 0.577. The Balaban J connectivity index is 2.01. The average molecular weight is 181 g/mol. The molecule has 68 valence electrons. The molecule has 0 saturated carbocycles. The van der Waals surface area contributed by atoms with Crippen LogP contribution < -0.4 is 5.69 Å². The van der Waals surface area contributed by atoms with Crippen LogP contribution in [0.15, 0.2) is 11.1 Å². The van der Waals surface area contributed by atoms with E-state index >= 15 is 0 Å². The summed E-state index contributed by atoms with van der Waals surface area (Å²) in [6, 6.07) is 0. The van der Waals surface area contributed by atoms with E-state index in [0.29, 0.717) is 18.8 Å². The second kappa shape index (κ2) is 3.17. The highest BCUT2D eigenvalue weighted by atomic mass is 16.1. The van der Waals surface area contributed by atoms with E-state index in [1.165, 1.54) is 10.9 Å². The number of aromatic nitrogens is 7. The lowest BCUT2D eigenvalue weighted by Crippen LogP contribution is -2.17. The zero-order valence-corrected chi connectivity index (χ0v) is 6.64. The minimum Gasteiger partial charge on any atom is -0.281 e. The monoisotopic (exact) mass is 181 g/mol. The average Bonchev–Trinajstić information content (AvgIpc) is 2.72. The molecule has 8 nitrogen and oxygen atoms in total. The zero-order chi connectivity index (χ0) is 9.10. The SMILES string of the molecule is O=c1[nH]ncn1CCc1nn[nH]n1. The normalized spacial score (nSPS) is 10.5. The van der Waals surface area contributed by atoms with Gasteiger partial charge in [-0.05, 0) is 0 Å². The van der Waals surface area contributed by atoms with Crippen LogP contribution >= 0.6 is 0 Å². The van der Waals surface area contributed by atoms with Crippen LogP contribution in [0.25, 0.3) is 0 Å². The van der Waals surface area contributed by atoms with Crippen molar-refractivity contribution in [2.45, 2.75) is 13.0 Å². The lowest BCUT2D eigenvalue weighted by molar-refractivity contribution is 0.650. The fourth-order valence-corrected chi connectivity index (χ4v) is 0.939. The molecule has 2 aromatic rings. The van der Waals surface area contributed by atoms with Gasteiger partial charge in [-0.2, -0.15) is 10.3 Å². The number of hydrogen-bond donors (Lipinski definition) is 2. The minimum absolute atomic E-state index is 0.233. The molecule has 2 aromatic heterocycles. The molecular formula is C5H7N7O. The van der Waals surface area contributed by atoms with E-state index in [9.17, 15) is 4.79 Å². The van der Waals surface area contributed by atoms with Crippen molar-refractivity contribution in [1.82, 2.24) is 35.4 Å². The zero-order valence-electron chi connectivity index (χ0n) is 6.64. The van der Waals surface area contributed by atoms with Gasteiger partial charge in [0, 0.05) is 13.0 Å². The maximum atomic E-state index is 11.0. The van der Waals surface area contributed by atoms with E-state index < -0.39 is 0 Å². The predicted octanol–water partition coefficient (Wildman–Crippen LogP) is -1.67. The van der Waals surface area contributed by atoms with Crippen molar-refractivity contribution in [3.8, 4) is 0 Å². The Morgan fingerprint density at radius 2 is 2.46 bits per heavy atom. The Bertz CT molecular complexity index is 412. The van der Waals surface area contributed by atoms with Crippen molar-refractivity contribution in [2.24, 2.45) is 0 Å². The standard InChI is InChI=1S/C5H7N7O/c13-5-9-6-3-12(5)2-1-4-7-10-11-8-4/h3H,1-2H2,(H,9,13)(H,7,8,10,11). The first-order valence-corrected chi connectivity index (χ1v) is 3.68. The summed E-state index contributed by atoms with van der Waals surface area (Å²) in [7, 11) is 0. The van der Waals surface area contributed by atoms with Crippen LogP contribution in [0.2, 0.25) is 0 Å². The molecular weight excluding hydrogens is 174 g/mol. The largest absolute Gasteiger partial charge is 0.343 e. The number of tetrazole rings is 1. The second-order valence-corrected chi connectivity index (χ2v) is 2.43. The van der Waals surface area contributed by atoms with Crippen LogP contribution in [0.4, 0.5) is 0 Å². The summed E-state index contributed by atoms with van der Waals surface area (Å²) < 4.78 is 1.44. The molecule has 0 aliphatic rings. The second-order valence-electron chi connectivity index (χ2n) is 2.43. The Hall–Kier alpha value is -1.99. The molecule has 0 atom stereocenters. The molecule has 0 unspecified atom stereocenters. The molecule has 2 rings (SSSR count). The molecule has 0 amide bonds. The molecule has 0 aliphatic heterocycles. The summed E-state index contributed by atoms with van der Waals surface area (Å²) >= 11 is 0. The van der Waals surface area contributed by atoms with Crippen LogP contribution in [-0.4, -0.2) is 35.4 Å². The number of H-pyrrole nitrogens is 2. The van der Waals surface area contributed by atoms with Gasteiger partial charge in [0.05, 0.1) is 0 Å². The predicted molar refractivity (Wildman–Crippen MR) is 40.7 cm³/mol. The fourth-order valence-electron chi connectivity index (χ4n) is 0.939. The number of aromatic amines is 2. The highest BCUT2D eigenvalue weighted by Gasteiger charge is 2.00. The molecule has 0 radical (unpaired) electrons. The van der Waals surface area contributed by atoms with Crippen LogP contribution in [-0.2, 0) is 13.0 Å². The Morgan fingerprint density at radius 1 is 1.54 bits per heavy atom. The van der Waals surface area contributed by atoms with Crippen molar-refractivity contribution < 1.29 is 0 Å². The van der Waals surface area contributed by atoms with Gasteiger partial charge in [-0.1, -0.05) is 5.21 Å². The number of hydrogen-bond acceptors (Lipinski definition) is 5. The summed E-state index contributed by atoms with van der Waals surface area (Å²) in [5.41, 5.74) is -0.233. The minimum atomic E-state index is -0.233. The van der Waals surface area contributed by atoms with Crippen molar-refractivity contribution >= 4 is 0 Å². The van der Waals surface area contributed by atoms with Gasteiger partial charge in [-0.15, -0.1) is 10.2 Å². The van der Waals surface area contributed by atoms with Gasteiger partial charge in [0.25, 0.3) is 0 Å². The molecule has 2 N–H and O–H groups in total. The first-order chi connectivity index (χ1) is 6.36. The van der Waals surface area contributed by atoms with Crippen LogP contribution in [0.1, 0.15) is 5.82 Å². The fraction of sp³-hybridized carbons (Fsp3) is 0.400. The first-order valence-electron chi connectivity index (χ1n) is 3.68. The lowest BCUT2D eigenvalue weighted by atomic mass is 10.4. The van der Waals surface area contributed by atoms with Crippen molar-refractivity contribution in [1.29, 1.82) is 0 Å². The summed E-state index contributed by atoms with van der Waals surface area (Å²) in [5, 5.41) is 19.1. The van der Waals surface area contributed by atoms with Crippen LogP contribution in [0.3, 0.4) is 0 Å². The molecule has 0 fully saturated rings. The summed E-state index contributed by atoms with van der Waals surface area (Å²) in [4.78, 5) is 11.0. The van der Waals surface area contributed by atoms with E-state index in [0.717, 1.165) is 0 Å². The summed E-state index contributed by atoms with van der Waals surface area (Å²) in [6.45, 7) is 0.495. The smallest absolute Gasteiger partial charge is 0.281 e. The molecule has 0 aromatic carbocycles. The van der Waals surface area contributed by atoms with Gasteiger partial charge >= 0.3 is 5.69 Å². The van der Waals surface area contributed by atoms with Crippen LogP contribution in [0.5, 0.6) is 0 Å². The Labute approximate surface area is 72.0 Å². The van der Waals surface area contributed by atoms with E-state index in [1.54, 1.807) is 0 Å². The molecule has 13 heavy (non-hydrogen) atoms. The van der Waals surface area contributed by atoms with Gasteiger partial charge in [-0.3, -0.25) is 4.57 Å².